The molecule has 0 fully saturated rings. The lowest BCUT2D eigenvalue weighted by Crippen LogP contribution is -2.31. The number of hydrogen-bond acceptors (Lipinski definition) is 4. The molecule has 0 radical (unpaired) electrons. The van der Waals surface area contributed by atoms with Crippen LogP contribution < -0.4 is 4.74 Å². The van der Waals surface area contributed by atoms with Crippen LogP contribution in [0.2, 0.25) is 0 Å². The van der Waals surface area contributed by atoms with E-state index in [2.05, 4.69) is 12.1 Å². The molecule has 2 aliphatic carbocycles. The average Bonchev–Trinajstić information content (AvgIpc) is 2.69. The van der Waals surface area contributed by atoms with Gasteiger partial charge >= 0.3 is 5.97 Å². The molecular formula is C22H22O4. The number of hydrogen-bond donors (Lipinski definition) is 1. The van der Waals surface area contributed by atoms with Crippen LogP contribution in [0.15, 0.2) is 48.5 Å². The third kappa shape index (κ3) is 2.66. The van der Waals surface area contributed by atoms with Crippen LogP contribution in [0.3, 0.4) is 0 Å². The molecule has 0 amide bonds. The van der Waals surface area contributed by atoms with E-state index < -0.39 is 5.92 Å². The number of carbonyl (C=O) groups excluding carboxylic acids is 1. The molecule has 0 saturated heterocycles. The maximum Gasteiger partial charge on any atom is 0.313 e. The number of benzene rings is 2. The molecule has 4 heteroatoms. The predicted octanol–water partition coefficient (Wildman–Crippen LogP) is 4.21. The molecule has 2 aromatic carbocycles. The van der Waals surface area contributed by atoms with Gasteiger partial charge in [-0.1, -0.05) is 30.3 Å². The third-order valence-electron chi connectivity index (χ3n) is 5.64. The first-order valence-corrected chi connectivity index (χ1v) is 8.87. The summed E-state index contributed by atoms with van der Waals surface area (Å²) in [5.41, 5.74) is 4.24. The highest BCUT2D eigenvalue weighted by molar-refractivity contribution is 5.82. The van der Waals surface area contributed by atoms with Gasteiger partial charge in [-0.15, -0.1) is 0 Å². The van der Waals surface area contributed by atoms with Crippen molar-refractivity contribution in [3.63, 3.8) is 0 Å². The summed E-state index contributed by atoms with van der Waals surface area (Å²) in [6.45, 7) is 0. The maximum atomic E-state index is 12.4. The van der Waals surface area contributed by atoms with Crippen molar-refractivity contribution < 1.29 is 19.4 Å². The van der Waals surface area contributed by atoms with Crippen LogP contribution in [-0.2, 0) is 16.0 Å². The van der Waals surface area contributed by atoms with Gasteiger partial charge in [-0.3, -0.25) is 4.79 Å². The van der Waals surface area contributed by atoms with Gasteiger partial charge in [0, 0.05) is 11.5 Å². The van der Waals surface area contributed by atoms with E-state index in [1.165, 1.54) is 12.7 Å². The highest BCUT2D eigenvalue weighted by Crippen LogP contribution is 2.50. The van der Waals surface area contributed by atoms with E-state index in [4.69, 9.17) is 9.47 Å². The van der Waals surface area contributed by atoms with E-state index in [-0.39, 0.29) is 17.6 Å². The fourth-order valence-corrected chi connectivity index (χ4v) is 4.44. The average molecular weight is 350 g/mol. The Balaban J connectivity index is 1.85. The predicted molar refractivity (Wildman–Crippen MR) is 99.4 cm³/mol. The van der Waals surface area contributed by atoms with Gasteiger partial charge in [-0.2, -0.15) is 0 Å². The van der Waals surface area contributed by atoms with Gasteiger partial charge < -0.3 is 14.6 Å². The summed E-state index contributed by atoms with van der Waals surface area (Å²) in [4.78, 5) is 12.4. The van der Waals surface area contributed by atoms with Gasteiger partial charge in [0.1, 0.15) is 11.5 Å². The summed E-state index contributed by atoms with van der Waals surface area (Å²) in [7, 11) is 3.03. The topological polar surface area (TPSA) is 55.8 Å². The van der Waals surface area contributed by atoms with E-state index in [1.54, 1.807) is 13.2 Å². The molecule has 2 aliphatic rings. The summed E-state index contributed by atoms with van der Waals surface area (Å²) in [5.74, 6) is 0.393. The van der Waals surface area contributed by atoms with Crippen LogP contribution in [0.1, 0.15) is 40.5 Å². The van der Waals surface area contributed by atoms with Crippen molar-refractivity contribution >= 4 is 11.7 Å². The Morgan fingerprint density at radius 3 is 2.62 bits per heavy atom. The standard InChI is InChI=1S/C22H22O4/c1-25-16-9-15-8-14(13-6-4-3-5-7-13)10-17-18(22(24)26-2)12-20(23)19(11-16)21(15)17/h3-7,9,11-12,14,17-18,23H,8,10H2,1-2H3. The quantitative estimate of drug-likeness (QED) is 0.843. The lowest BCUT2D eigenvalue weighted by atomic mass is 9.66. The Labute approximate surface area is 153 Å². The molecule has 0 aliphatic heterocycles. The van der Waals surface area contributed by atoms with Crippen LogP contribution in [0, 0.1) is 5.92 Å². The Morgan fingerprint density at radius 2 is 1.92 bits per heavy atom. The first-order valence-electron chi connectivity index (χ1n) is 8.87. The molecule has 0 saturated carbocycles. The monoisotopic (exact) mass is 350 g/mol. The normalized spacial score (nSPS) is 23.6. The zero-order chi connectivity index (χ0) is 18.3. The summed E-state index contributed by atoms with van der Waals surface area (Å²) < 4.78 is 10.5. The molecular weight excluding hydrogens is 328 g/mol. The van der Waals surface area contributed by atoms with Crippen LogP contribution in [0.4, 0.5) is 0 Å². The molecule has 2 aromatic rings. The number of esters is 1. The number of aliphatic hydroxyl groups is 1. The Morgan fingerprint density at radius 1 is 1.15 bits per heavy atom. The van der Waals surface area contributed by atoms with Crippen molar-refractivity contribution in [1.29, 1.82) is 0 Å². The largest absolute Gasteiger partial charge is 0.508 e. The fraction of sp³-hybridized carbons (Fsp3) is 0.318. The second-order valence-corrected chi connectivity index (χ2v) is 7.00. The summed E-state index contributed by atoms with van der Waals surface area (Å²) in [6, 6.07) is 14.3. The van der Waals surface area contributed by atoms with Crippen molar-refractivity contribution in [3.05, 3.63) is 70.8 Å². The smallest absolute Gasteiger partial charge is 0.313 e. The highest BCUT2D eigenvalue weighted by atomic mass is 16.5. The molecule has 0 heterocycles. The van der Waals surface area contributed by atoms with Crippen molar-refractivity contribution in [2.45, 2.75) is 24.7 Å². The van der Waals surface area contributed by atoms with E-state index in [0.29, 0.717) is 5.92 Å². The van der Waals surface area contributed by atoms with Crippen molar-refractivity contribution in [2.24, 2.45) is 5.92 Å². The molecule has 1 N–H and O–H groups in total. The second kappa shape index (κ2) is 6.52. The lowest BCUT2D eigenvalue weighted by Gasteiger charge is -2.38. The molecule has 0 spiro atoms. The molecule has 3 unspecified atom stereocenters. The van der Waals surface area contributed by atoms with Crippen LogP contribution >= 0.6 is 0 Å². The number of rotatable bonds is 3. The minimum Gasteiger partial charge on any atom is -0.508 e. The highest BCUT2D eigenvalue weighted by Gasteiger charge is 2.41. The third-order valence-corrected chi connectivity index (χ3v) is 5.64. The SMILES string of the molecule is COC(=O)C1C=C(O)c2cc(OC)cc3c2C1CC(c1ccccc1)C3. The summed E-state index contributed by atoms with van der Waals surface area (Å²) in [5, 5.41) is 10.5. The molecule has 134 valence electrons. The number of carbonyl (C=O) groups is 1. The Kier molecular flexibility index (Phi) is 4.19. The first-order chi connectivity index (χ1) is 12.6. The number of aliphatic hydroxyl groups excluding tert-OH is 1. The van der Waals surface area contributed by atoms with Gasteiger partial charge in [0.2, 0.25) is 0 Å². The van der Waals surface area contributed by atoms with Gasteiger partial charge in [0.15, 0.2) is 0 Å². The molecule has 3 atom stereocenters. The molecule has 0 aromatic heterocycles. The van der Waals surface area contributed by atoms with Crippen LogP contribution in [-0.4, -0.2) is 25.3 Å². The number of ether oxygens (including phenoxy) is 2. The fourth-order valence-electron chi connectivity index (χ4n) is 4.44. The molecule has 4 nitrogen and oxygen atoms in total. The van der Waals surface area contributed by atoms with Crippen molar-refractivity contribution in [3.8, 4) is 5.75 Å². The minimum absolute atomic E-state index is 0.00628. The van der Waals surface area contributed by atoms with Crippen molar-refractivity contribution in [1.82, 2.24) is 0 Å². The Hall–Kier alpha value is -2.75. The van der Waals surface area contributed by atoms with Gasteiger partial charge in [-0.05, 0) is 53.7 Å². The molecule has 0 bridgehead atoms. The van der Waals surface area contributed by atoms with E-state index >= 15 is 0 Å². The maximum absolute atomic E-state index is 12.4. The van der Waals surface area contributed by atoms with Crippen molar-refractivity contribution in [2.75, 3.05) is 14.2 Å². The molecule has 26 heavy (non-hydrogen) atoms. The van der Waals surface area contributed by atoms with E-state index in [0.717, 1.165) is 35.3 Å². The van der Waals surface area contributed by atoms with Gasteiger partial charge in [-0.25, -0.2) is 0 Å². The van der Waals surface area contributed by atoms with Gasteiger partial charge in [0.25, 0.3) is 0 Å². The minimum atomic E-state index is -0.467. The van der Waals surface area contributed by atoms with Crippen LogP contribution in [0.25, 0.3) is 5.76 Å². The second-order valence-electron chi connectivity index (χ2n) is 7.00. The lowest BCUT2D eigenvalue weighted by molar-refractivity contribution is -0.144. The number of methoxy groups -OCH3 is 2. The van der Waals surface area contributed by atoms with E-state index in [9.17, 15) is 9.90 Å². The zero-order valence-electron chi connectivity index (χ0n) is 14.9. The molecule has 4 rings (SSSR count). The Bertz CT molecular complexity index is 869. The van der Waals surface area contributed by atoms with Crippen LogP contribution in [0.5, 0.6) is 5.75 Å². The summed E-state index contributed by atoms with van der Waals surface area (Å²) >= 11 is 0. The first kappa shape index (κ1) is 16.7. The zero-order valence-corrected chi connectivity index (χ0v) is 14.9. The van der Waals surface area contributed by atoms with E-state index in [1.807, 2.05) is 30.3 Å². The van der Waals surface area contributed by atoms with Gasteiger partial charge in [0.05, 0.1) is 20.1 Å². The summed E-state index contributed by atoms with van der Waals surface area (Å²) in [6.07, 6.45) is 3.34.